The van der Waals surface area contributed by atoms with Crippen LogP contribution in [-0.4, -0.2) is 25.3 Å². The first-order chi connectivity index (χ1) is 11.1. The van der Waals surface area contributed by atoms with Gasteiger partial charge >= 0.3 is 5.13 Å². The summed E-state index contributed by atoms with van der Waals surface area (Å²) in [5.74, 6) is 0. The van der Waals surface area contributed by atoms with E-state index in [9.17, 15) is 0 Å². The molecule has 1 aliphatic rings. The Balaban J connectivity index is 1.72. The van der Waals surface area contributed by atoms with Gasteiger partial charge in [-0.3, -0.25) is 0 Å². The lowest BCUT2D eigenvalue weighted by Crippen LogP contribution is -2.45. The van der Waals surface area contributed by atoms with Crippen LogP contribution in [0.4, 0.5) is 16.5 Å². The second-order valence-electron chi connectivity index (χ2n) is 6.26. The van der Waals surface area contributed by atoms with Crippen LogP contribution in [0.5, 0.6) is 0 Å². The molecule has 1 fully saturated rings. The van der Waals surface area contributed by atoms with Crippen molar-refractivity contribution in [2.45, 2.75) is 46.4 Å². The van der Waals surface area contributed by atoms with Crippen LogP contribution < -0.4 is 14.8 Å². The third-order valence-electron chi connectivity index (χ3n) is 4.23. The standard InChI is InChI=1S/C18H25N3OS/c1-5-21-13(2)12-23-18(21)19-16-6-8-17(9-7-16)20-10-14(3)22-15(4)11-20/h6-9,12,14-15H,5,10-11H2,1-4H3/p+1/t14-,15+. The minimum Gasteiger partial charge on any atom is -0.372 e. The largest absolute Gasteiger partial charge is 0.372 e. The predicted molar refractivity (Wildman–Crippen MR) is 96.9 cm³/mol. The summed E-state index contributed by atoms with van der Waals surface area (Å²) >= 11 is 1.75. The third-order valence-corrected chi connectivity index (χ3v) is 5.24. The van der Waals surface area contributed by atoms with E-state index >= 15 is 0 Å². The van der Waals surface area contributed by atoms with Crippen molar-refractivity contribution in [3.8, 4) is 0 Å². The number of nitrogens with zero attached hydrogens (tertiary/aromatic N) is 2. The van der Waals surface area contributed by atoms with Crippen LogP contribution in [0.2, 0.25) is 0 Å². The zero-order valence-corrected chi connectivity index (χ0v) is 15.2. The van der Waals surface area contributed by atoms with Crippen LogP contribution in [0, 0.1) is 6.92 Å². The van der Waals surface area contributed by atoms with Crippen LogP contribution in [0.15, 0.2) is 29.6 Å². The Bertz CT molecular complexity index is 643. The van der Waals surface area contributed by atoms with Crippen molar-refractivity contribution in [1.82, 2.24) is 0 Å². The highest BCUT2D eigenvalue weighted by Crippen LogP contribution is 2.24. The Morgan fingerprint density at radius 1 is 1.22 bits per heavy atom. The van der Waals surface area contributed by atoms with Crippen molar-refractivity contribution in [3.63, 3.8) is 0 Å². The second-order valence-corrected chi connectivity index (χ2v) is 7.12. The highest BCUT2D eigenvalue weighted by atomic mass is 32.1. The summed E-state index contributed by atoms with van der Waals surface area (Å²) in [6.07, 6.45) is 0.573. The fourth-order valence-electron chi connectivity index (χ4n) is 3.19. The van der Waals surface area contributed by atoms with E-state index < -0.39 is 0 Å². The summed E-state index contributed by atoms with van der Waals surface area (Å²) < 4.78 is 8.11. The maximum absolute atomic E-state index is 5.81. The van der Waals surface area contributed by atoms with E-state index in [4.69, 9.17) is 4.74 Å². The van der Waals surface area contributed by atoms with Gasteiger partial charge in [0.2, 0.25) is 0 Å². The van der Waals surface area contributed by atoms with Gasteiger partial charge in [0.05, 0.1) is 18.8 Å². The number of morpholine rings is 1. The lowest BCUT2D eigenvalue weighted by molar-refractivity contribution is -0.681. The van der Waals surface area contributed by atoms with E-state index in [1.54, 1.807) is 11.3 Å². The number of anilines is 3. The first kappa shape index (κ1) is 16.3. The van der Waals surface area contributed by atoms with E-state index in [0.29, 0.717) is 0 Å². The zero-order chi connectivity index (χ0) is 16.4. The molecule has 0 spiro atoms. The molecule has 0 unspecified atom stereocenters. The predicted octanol–water partition coefficient (Wildman–Crippen LogP) is 3.72. The number of aromatic nitrogens is 1. The Labute approximate surface area is 142 Å². The molecular weight excluding hydrogens is 306 g/mol. The Morgan fingerprint density at radius 2 is 1.87 bits per heavy atom. The van der Waals surface area contributed by atoms with Crippen LogP contribution >= 0.6 is 11.3 Å². The molecule has 1 N–H and O–H groups in total. The van der Waals surface area contributed by atoms with Crippen LogP contribution in [-0.2, 0) is 11.3 Å². The van der Waals surface area contributed by atoms with E-state index in [-0.39, 0.29) is 12.2 Å². The lowest BCUT2D eigenvalue weighted by Gasteiger charge is -2.36. The number of nitrogens with one attached hydrogen (secondary N) is 1. The number of hydrogen-bond acceptors (Lipinski definition) is 4. The minimum absolute atomic E-state index is 0.286. The van der Waals surface area contributed by atoms with E-state index in [0.717, 1.165) is 25.3 Å². The molecular formula is C18H26N3OS+. The second kappa shape index (κ2) is 6.89. The van der Waals surface area contributed by atoms with E-state index in [2.05, 4.69) is 72.1 Å². The molecule has 2 heterocycles. The van der Waals surface area contributed by atoms with Crippen LogP contribution in [0.3, 0.4) is 0 Å². The maximum Gasteiger partial charge on any atom is 0.339 e. The molecule has 23 heavy (non-hydrogen) atoms. The van der Waals surface area contributed by atoms with E-state index in [1.807, 2.05) is 0 Å². The molecule has 1 aliphatic heterocycles. The molecule has 1 aromatic heterocycles. The number of thiazole rings is 1. The molecule has 4 nitrogen and oxygen atoms in total. The fraction of sp³-hybridized carbons (Fsp3) is 0.500. The molecule has 124 valence electrons. The first-order valence-corrected chi connectivity index (χ1v) is 9.20. The number of hydrogen-bond donors (Lipinski definition) is 1. The summed E-state index contributed by atoms with van der Waals surface area (Å²) in [6.45, 7) is 11.5. The van der Waals surface area contributed by atoms with Gasteiger partial charge in [-0.2, -0.15) is 0 Å². The van der Waals surface area contributed by atoms with Gasteiger partial charge in [0.1, 0.15) is 11.4 Å². The monoisotopic (exact) mass is 332 g/mol. The highest BCUT2D eigenvalue weighted by molar-refractivity contribution is 7.13. The summed E-state index contributed by atoms with van der Waals surface area (Å²) in [5.41, 5.74) is 3.70. The summed E-state index contributed by atoms with van der Waals surface area (Å²) in [4.78, 5) is 2.41. The van der Waals surface area contributed by atoms with Crippen LogP contribution in [0.25, 0.3) is 0 Å². The van der Waals surface area contributed by atoms with Gasteiger partial charge in [-0.25, -0.2) is 9.88 Å². The number of aryl methyl sites for hydroxylation is 1. The number of ether oxygens (including phenoxy) is 1. The summed E-state index contributed by atoms with van der Waals surface area (Å²) in [5, 5.41) is 6.91. The molecule has 0 bridgehead atoms. The Morgan fingerprint density at radius 3 is 2.48 bits per heavy atom. The molecule has 0 aliphatic carbocycles. The number of benzene rings is 1. The lowest BCUT2D eigenvalue weighted by atomic mass is 10.2. The molecule has 1 saturated heterocycles. The van der Waals surface area contributed by atoms with Gasteiger partial charge < -0.3 is 9.64 Å². The zero-order valence-electron chi connectivity index (χ0n) is 14.4. The van der Waals surface area contributed by atoms with Crippen molar-refractivity contribution >= 4 is 27.8 Å². The topological polar surface area (TPSA) is 28.4 Å². The van der Waals surface area contributed by atoms with Crippen molar-refractivity contribution in [2.75, 3.05) is 23.3 Å². The number of rotatable bonds is 4. The van der Waals surface area contributed by atoms with E-state index in [1.165, 1.54) is 16.5 Å². The normalized spacial score (nSPS) is 21.5. The van der Waals surface area contributed by atoms with Crippen molar-refractivity contribution in [2.24, 2.45) is 0 Å². The fourth-order valence-corrected chi connectivity index (χ4v) is 4.17. The summed E-state index contributed by atoms with van der Waals surface area (Å²) in [7, 11) is 0. The van der Waals surface area contributed by atoms with Gasteiger partial charge in [0.25, 0.3) is 0 Å². The molecule has 2 atom stereocenters. The smallest absolute Gasteiger partial charge is 0.339 e. The molecule has 5 heteroatoms. The molecule has 1 aromatic carbocycles. The molecule has 3 rings (SSSR count). The summed E-state index contributed by atoms with van der Waals surface area (Å²) in [6, 6.07) is 8.72. The SMILES string of the molecule is CC[n+]1c(C)csc1Nc1ccc(N2C[C@@H](C)O[C@@H](C)C2)cc1. The minimum atomic E-state index is 0.286. The van der Waals surface area contributed by atoms with Crippen molar-refractivity contribution < 1.29 is 9.30 Å². The van der Waals surface area contributed by atoms with Gasteiger partial charge in [-0.05, 0) is 52.0 Å². The molecule has 0 amide bonds. The first-order valence-electron chi connectivity index (χ1n) is 8.32. The maximum atomic E-state index is 5.81. The van der Waals surface area contributed by atoms with Gasteiger partial charge in [-0.15, -0.1) is 0 Å². The van der Waals surface area contributed by atoms with Crippen molar-refractivity contribution in [3.05, 3.63) is 35.3 Å². The molecule has 0 saturated carbocycles. The van der Waals surface area contributed by atoms with Gasteiger partial charge in [0.15, 0.2) is 0 Å². The molecule has 2 aromatic rings. The quantitative estimate of drug-likeness (QED) is 0.865. The average molecular weight is 332 g/mol. The van der Waals surface area contributed by atoms with Gasteiger partial charge in [0, 0.05) is 24.2 Å². The van der Waals surface area contributed by atoms with Crippen LogP contribution in [0.1, 0.15) is 26.5 Å². The third kappa shape index (κ3) is 3.67. The molecule has 0 radical (unpaired) electrons. The Kier molecular flexibility index (Phi) is 4.87. The average Bonchev–Trinajstić information content (AvgIpc) is 2.87. The van der Waals surface area contributed by atoms with Gasteiger partial charge in [-0.1, -0.05) is 11.3 Å². The highest BCUT2D eigenvalue weighted by Gasteiger charge is 2.22. The van der Waals surface area contributed by atoms with Crippen molar-refractivity contribution in [1.29, 1.82) is 0 Å². The Hall–Kier alpha value is -1.59.